The lowest BCUT2D eigenvalue weighted by molar-refractivity contribution is -0.121. The lowest BCUT2D eigenvalue weighted by Gasteiger charge is -2.15. The van der Waals surface area contributed by atoms with Crippen LogP contribution in [0.3, 0.4) is 0 Å². The zero-order valence-electron chi connectivity index (χ0n) is 18.1. The number of hydrogen-bond donors (Lipinski definition) is 3. The summed E-state index contributed by atoms with van der Waals surface area (Å²) >= 11 is 0. The number of nitrogens with one attached hydrogen (secondary N) is 3. The number of aromatic amines is 2. The van der Waals surface area contributed by atoms with Gasteiger partial charge in [-0.1, -0.05) is 12.1 Å². The third kappa shape index (κ3) is 6.64. The minimum Gasteiger partial charge on any atom is -0.349 e. The van der Waals surface area contributed by atoms with Gasteiger partial charge in [-0.05, 0) is 49.2 Å². The second kappa shape index (κ2) is 11.1. The number of aromatic nitrogens is 3. The number of rotatable bonds is 5. The zero-order valence-corrected chi connectivity index (χ0v) is 18.1. The van der Waals surface area contributed by atoms with Crippen LogP contribution in [0.5, 0.6) is 0 Å². The van der Waals surface area contributed by atoms with Crippen LogP contribution in [0, 0.1) is 17.5 Å². The van der Waals surface area contributed by atoms with E-state index in [-0.39, 0.29) is 16.9 Å². The molecule has 0 radical (unpaired) electrons. The smallest absolute Gasteiger partial charge is 0.326 e. The molecule has 2 heterocycles. The van der Waals surface area contributed by atoms with Crippen molar-refractivity contribution in [2.75, 3.05) is 0 Å². The number of carbonyl (C=O) groups excluding carboxylic acids is 1. The third-order valence-corrected chi connectivity index (χ3v) is 4.87. The first kappa shape index (κ1) is 24.4. The van der Waals surface area contributed by atoms with Gasteiger partial charge in [0.05, 0.1) is 16.9 Å². The lowest BCUT2D eigenvalue weighted by atomic mass is 10.1. The molecule has 0 bridgehead atoms. The number of fused-ring (bicyclic) bond motifs is 1. The number of nitrogens with zero attached hydrogens (tertiary/aromatic N) is 1. The van der Waals surface area contributed by atoms with E-state index in [1.54, 1.807) is 19.3 Å². The van der Waals surface area contributed by atoms with Gasteiger partial charge < -0.3 is 10.3 Å². The molecule has 3 N–H and O–H groups in total. The van der Waals surface area contributed by atoms with Crippen LogP contribution >= 0.6 is 0 Å². The highest BCUT2D eigenvalue weighted by Crippen LogP contribution is 2.18. The number of amides is 1. The molecule has 0 saturated carbocycles. The number of aryl methyl sites for hydroxylation is 1. The highest BCUT2D eigenvalue weighted by Gasteiger charge is 2.14. The van der Waals surface area contributed by atoms with E-state index in [1.807, 2.05) is 17.1 Å². The fourth-order valence-electron chi connectivity index (χ4n) is 3.19. The number of hydrogen-bond acceptors (Lipinski definition) is 4. The average molecular weight is 470 g/mol. The Morgan fingerprint density at radius 1 is 1.03 bits per heavy atom. The maximum atomic E-state index is 13.6. The van der Waals surface area contributed by atoms with Gasteiger partial charge in [-0.3, -0.25) is 19.6 Å². The standard InChI is InChI=1S/C16H16F2N2O.C8H5FN2O2/c1-11(14-6-5-13(17)9-15(14)18)20-16(21)7-4-12-3-2-8-19-10-12;9-4-1-2-6-5(3-4)7(12)11-8(13)10-6/h2-3,5-6,8-11H,4,7H2,1H3,(H,20,21);1-3H,(H2,10,11,12,13). The van der Waals surface area contributed by atoms with Crippen molar-refractivity contribution in [3.63, 3.8) is 0 Å². The topological polar surface area (TPSA) is 108 Å². The summed E-state index contributed by atoms with van der Waals surface area (Å²) in [7, 11) is 0. The Balaban J connectivity index is 0.000000212. The summed E-state index contributed by atoms with van der Waals surface area (Å²) in [6.45, 7) is 1.66. The molecule has 0 saturated heterocycles. The summed E-state index contributed by atoms with van der Waals surface area (Å²) in [4.78, 5) is 42.1. The van der Waals surface area contributed by atoms with Crippen molar-refractivity contribution in [3.05, 3.63) is 110 Å². The van der Waals surface area contributed by atoms with E-state index in [4.69, 9.17) is 0 Å². The van der Waals surface area contributed by atoms with Gasteiger partial charge in [-0.2, -0.15) is 0 Å². The van der Waals surface area contributed by atoms with E-state index in [9.17, 15) is 27.6 Å². The van der Waals surface area contributed by atoms with Gasteiger partial charge in [-0.25, -0.2) is 18.0 Å². The molecular weight excluding hydrogens is 449 g/mol. The summed E-state index contributed by atoms with van der Waals surface area (Å²) < 4.78 is 39.1. The van der Waals surface area contributed by atoms with Crippen LogP contribution < -0.4 is 16.6 Å². The summed E-state index contributed by atoms with van der Waals surface area (Å²) in [5.74, 6) is -1.98. The number of pyridine rings is 1. The predicted octanol–water partition coefficient (Wildman–Crippen LogP) is 3.53. The SMILES string of the molecule is CC(NC(=O)CCc1cccnc1)c1ccc(F)cc1F.O=c1[nH]c(=O)c2cc(F)ccc2[nH]1. The van der Waals surface area contributed by atoms with Crippen LogP contribution in [0.4, 0.5) is 13.2 Å². The molecule has 0 spiro atoms. The van der Waals surface area contributed by atoms with Gasteiger partial charge in [0.1, 0.15) is 17.5 Å². The Hall–Kier alpha value is -4.21. The summed E-state index contributed by atoms with van der Waals surface area (Å²) in [6.07, 6.45) is 4.23. The minimum absolute atomic E-state index is 0.139. The van der Waals surface area contributed by atoms with Gasteiger partial charge in [0, 0.05) is 30.4 Å². The summed E-state index contributed by atoms with van der Waals surface area (Å²) in [6, 6.07) is 10.1. The van der Waals surface area contributed by atoms with Gasteiger partial charge in [0.25, 0.3) is 5.56 Å². The maximum Gasteiger partial charge on any atom is 0.326 e. The minimum atomic E-state index is -0.657. The van der Waals surface area contributed by atoms with Crippen molar-refractivity contribution in [1.29, 1.82) is 0 Å². The quantitative estimate of drug-likeness (QED) is 0.415. The first-order valence-electron chi connectivity index (χ1n) is 10.3. The molecule has 2 aromatic carbocycles. The van der Waals surface area contributed by atoms with Gasteiger partial charge >= 0.3 is 5.69 Å². The largest absolute Gasteiger partial charge is 0.349 e. The van der Waals surface area contributed by atoms with Crippen LogP contribution in [0.15, 0.2) is 70.5 Å². The van der Waals surface area contributed by atoms with E-state index in [0.717, 1.165) is 17.7 Å². The van der Waals surface area contributed by atoms with Gasteiger partial charge in [-0.15, -0.1) is 0 Å². The van der Waals surface area contributed by atoms with E-state index in [1.165, 1.54) is 24.3 Å². The second-order valence-electron chi connectivity index (χ2n) is 7.41. The maximum absolute atomic E-state index is 13.6. The highest BCUT2D eigenvalue weighted by atomic mass is 19.1. The fourth-order valence-corrected chi connectivity index (χ4v) is 3.19. The molecule has 1 amide bonds. The Bertz CT molecular complexity index is 1400. The van der Waals surface area contributed by atoms with Crippen molar-refractivity contribution in [2.24, 2.45) is 0 Å². The van der Waals surface area contributed by atoms with Crippen molar-refractivity contribution in [1.82, 2.24) is 20.3 Å². The van der Waals surface area contributed by atoms with Crippen LogP contribution in [0.2, 0.25) is 0 Å². The predicted molar refractivity (Wildman–Crippen MR) is 121 cm³/mol. The van der Waals surface area contributed by atoms with Gasteiger partial charge in [0.2, 0.25) is 5.91 Å². The van der Waals surface area contributed by atoms with Crippen molar-refractivity contribution >= 4 is 16.8 Å². The van der Waals surface area contributed by atoms with Crippen molar-refractivity contribution < 1.29 is 18.0 Å². The molecule has 176 valence electrons. The Labute approximate surface area is 191 Å². The van der Waals surface area contributed by atoms with Gasteiger partial charge in [0.15, 0.2) is 0 Å². The molecule has 1 atom stereocenters. The molecule has 0 aliphatic carbocycles. The number of carbonyl (C=O) groups is 1. The molecule has 4 aromatic rings. The normalized spacial score (nSPS) is 11.4. The van der Waals surface area contributed by atoms with Crippen LogP contribution in [-0.4, -0.2) is 20.9 Å². The van der Waals surface area contributed by atoms with Crippen molar-refractivity contribution in [2.45, 2.75) is 25.8 Å². The molecular formula is C24H21F3N4O3. The second-order valence-corrected chi connectivity index (χ2v) is 7.41. The molecule has 1 unspecified atom stereocenters. The molecule has 0 aliphatic rings. The Morgan fingerprint density at radius 3 is 2.47 bits per heavy atom. The monoisotopic (exact) mass is 470 g/mol. The van der Waals surface area contributed by atoms with Crippen LogP contribution in [0.1, 0.15) is 30.5 Å². The lowest BCUT2D eigenvalue weighted by Crippen LogP contribution is -2.27. The fraction of sp³-hybridized carbons (Fsp3) is 0.167. The molecule has 7 nitrogen and oxygen atoms in total. The number of benzene rings is 2. The Kier molecular flexibility index (Phi) is 7.96. The van der Waals surface area contributed by atoms with E-state index < -0.39 is 34.7 Å². The third-order valence-electron chi connectivity index (χ3n) is 4.87. The molecule has 2 aromatic heterocycles. The first-order valence-corrected chi connectivity index (χ1v) is 10.3. The zero-order chi connectivity index (χ0) is 24.7. The molecule has 0 fully saturated rings. The first-order chi connectivity index (χ1) is 16.2. The molecule has 0 aliphatic heterocycles. The summed E-state index contributed by atoms with van der Waals surface area (Å²) in [5.41, 5.74) is 0.386. The number of H-pyrrole nitrogens is 2. The summed E-state index contributed by atoms with van der Waals surface area (Å²) in [5, 5.41) is 2.84. The van der Waals surface area contributed by atoms with E-state index >= 15 is 0 Å². The van der Waals surface area contributed by atoms with E-state index in [0.29, 0.717) is 18.4 Å². The van der Waals surface area contributed by atoms with Crippen LogP contribution in [0.25, 0.3) is 10.9 Å². The molecule has 34 heavy (non-hydrogen) atoms. The van der Waals surface area contributed by atoms with E-state index in [2.05, 4.69) is 15.3 Å². The van der Waals surface area contributed by atoms with Crippen molar-refractivity contribution in [3.8, 4) is 0 Å². The average Bonchev–Trinajstić information content (AvgIpc) is 2.79. The highest BCUT2D eigenvalue weighted by molar-refractivity contribution is 5.77. The molecule has 10 heteroatoms. The Morgan fingerprint density at radius 2 is 1.76 bits per heavy atom. The van der Waals surface area contributed by atoms with Crippen LogP contribution in [-0.2, 0) is 11.2 Å². The molecule has 4 rings (SSSR count). The number of halogens is 3.